The van der Waals surface area contributed by atoms with Crippen molar-refractivity contribution in [1.82, 2.24) is 4.98 Å². The van der Waals surface area contributed by atoms with Crippen molar-refractivity contribution in [1.29, 1.82) is 0 Å². The van der Waals surface area contributed by atoms with Crippen LogP contribution < -0.4 is 10.2 Å². The Bertz CT molecular complexity index is 489. The van der Waals surface area contributed by atoms with E-state index in [4.69, 9.17) is 18.2 Å². The van der Waals surface area contributed by atoms with Crippen LogP contribution in [0.3, 0.4) is 0 Å². The summed E-state index contributed by atoms with van der Waals surface area (Å²) in [5.74, 6) is 0.164. The Balaban J connectivity index is 2.21. The minimum atomic E-state index is -2.50. The summed E-state index contributed by atoms with van der Waals surface area (Å²) >= 11 is 0. The molecule has 1 saturated heterocycles. The standard InChI is InChI=1S/C12H18BNO3/c1-11(2)12(3,4)17-13(16-11)9-6-10(15-5)8-14-7-9/h6-8H,1-5H3/i5D3. The van der Waals surface area contributed by atoms with Crippen LogP contribution in [0.15, 0.2) is 18.5 Å². The van der Waals surface area contributed by atoms with E-state index in [9.17, 15) is 0 Å². The molecule has 92 valence electrons. The predicted molar refractivity (Wildman–Crippen MR) is 66.5 cm³/mol. The van der Waals surface area contributed by atoms with Crippen molar-refractivity contribution in [2.75, 3.05) is 7.04 Å². The van der Waals surface area contributed by atoms with Crippen LogP contribution in [-0.2, 0) is 9.31 Å². The summed E-state index contributed by atoms with van der Waals surface area (Å²) in [6.07, 6.45) is 2.93. The minimum Gasteiger partial charge on any atom is -0.495 e. The Morgan fingerprint density at radius 2 is 1.88 bits per heavy atom. The fraction of sp³-hybridized carbons (Fsp3) is 0.583. The molecule has 0 amide bonds. The molecule has 1 aliphatic heterocycles. The van der Waals surface area contributed by atoms with Crippen molar-refractivity contribution in [2.24, 2.45) is 0 Å². The van der Waals surface area contributed by atoms with Crippen molar-refractivity contribution < 1.29 is 18.2 Å². The highest BCUT2D eigenvalue weighted by atomic mass is 16.7. The number of ether oxygens (including phenoxy) is 1. The van der Waals surface area contributed by atoms with Crippen LogP contribution in [-0.4, -0.2) is 30.3 Å². The molecule has 0 saturated carbocycles. The first-order valence-electron chi connectivity index (χ1n) is 7.00. The van der Waals surface area contributed by atoms with E-state index < -0.39 is 25.4 Å². The number of hydrogen-bond acceptors (Lipinski definition) is 4. The van der Waals surface area contributed by atoms with Crippen LogP contribution in [0.25, 0.3) is 0 Å². The summed E-state index contributed by atoms with van der Waals surface area (Å²) in [4.78, 5) is 3.97. The second-order valence-corrected chi connectivity index (χ2v) is 5.14. The SMILES string of the molecule is [2H]C([2H])([2H])Oc1cncc(B2OC(C)(C)C(C)(C)O2)c1. The van der Waals surface area contributed by atoms with Crippen LogP contribution in [0.5, 0.6) is 5.75 Å². The molecular formula is C12H18BNO3. The predicted octanol–water partition coefficient (Wildman–Crippen LogP) is 1.39. The zero-order chi connectivity index (χ0) is 15.2. The number of methoxy groups -OCH3 is 1. The number of pyridine rings is 1. The van der Waals surface area contributed by atoms with Crippen molar-refractivity contribution in [2.45, 2.75) is 38.9 Å². The molecule has 0 bridgehead atoms. The van der Waals surface area contributed by atoms with Gasteiger partial charge in [0.2, 0.25) is 0 Å². The van der Waals surface area contributed by atoms with Gasteiger partial charge in [-0.05, 0) is 33.8 Å². The van der Waals surface area contributed by atoms with Gasteiger partial charge in [0.1, 0.15) is 5.75 Å². The monoisotopic (exact) mass is 238 g/mol. The third-order valence-electron chi connectivity index (χ3n) is 3.38. The van der Waals surface area contributed by atoms with E-state index in [0.717, 1.165) is 0 Å². The summed E-state index contributed by atoms with van der Waals surface area (Å²) in [5, 5.41) is 0. The maximum absolute atomic E-state index is 7.10. The molecule has 4 nitrogen and oxygen atoms in total. The lowest BCUT2D eigenvalue weighted by molar-refractivity contribution is 0.00578. The zero-order valence-corrected chi connectivity index (χ0v) is 10.5. The molecule has 0 aromatic carbocycles. The van der Waals surface area contributed by atoms with Crippen molar-refractivity contribution in [3.8, 4) is 5.75 Å². The van der Waals surface area contributed by atoms with E-state index in [1.165, 1.54) is 6.20 Å². The first-order chi connectivity index (χ1) is 9.00. The van der Waals surface area contributed by atoms with Crippen LogP contribution >= 0.6 is 0 Å². The van der Waals surface area contributed by atoms with Gasteiger partial charge in [0.25, 0.3) is 0 Å². The van der Waals surface area contributed by atoms with Crippen LogP contribution in [0.1, 0.15) is 31.8 Å². The molecule has 5 heteroatoms. The van der Waals surface area contributed by atoms with Gasteiger partial charge in [0, 0.05) is 11.7 Å². The number of hydrogen-bond donors (Lipinski definition) is 0. The number of aromatic nitrogens is 1. The highest BCUT2D eigenvalue weighted by molar-refractivity contribution is 6.62. The van der Waals surface area contributed by atoms with Gasteiger partial charge < -0.3 is 14.0 Å². The Morgan fingerprint density at radius 1 is 1.24 bits per heavy atom. The summed E-state index contributed by atoms with van der Waals surface area (Å²) < 4.78 is 37.9. The first kappa shape index (κ1) is 8.94. The fourth-order valence-electron chi connectivity index (χ4n) is 1.60. The molecule has 1 aromatic rings. The number of rotatable bonds is 2. The zero-order valence-electron chi connectivity index (χ0n) is 13.5. The molecule has 1 fully saturated rings. The molecule has 2 heterocycles. The van der Waals surface area contributed by atoms with Gasteiger partial charge in [0.05, 0.1) is 28.5 Å². The quantitative estimate of drug-likeness (QED) is 0.730. The van der Waals surface area contributed by atoms with E-state index in [1.54, 1.807) is 12.3 Å². The van der Waals surface area contributed by atoms with E-state index in [0.29, 0.717) is 5.46 Å². The fourth-order valence-corrected chi connectivity index (χ4v) is 1.60. The normalized spacial score (nSPS) is 24.9. The molecule has 0 atom stereocenters. The van der Waals surface area contributed by atoms with Gasteiger partial charge in [-0.1, -0.05) is 0 Å². The second kappa shape index (κ2) is 4.00. The maximum atomic E-state index is 7.10. The molecule has 0 aliphatic carbocycles. The first-order valence-corrected chi connectivity index (χ1v) is 5.50. The van der Waals surface area contributed by atoms with Crippen LogP contribution in [0.4, 0.5) is 0 Å². The topological polar surface area (TPSA) is 40.6 Å². The second-order valence-electron chi connectivity index (χ2n) is 5.14. The van der Waals surface area contributed by atoms with Crippen LogP contribution in [0.2, 0.25) is 0 Å². The summed E-state index contributed by atoms with van der Waals surface area (Å²) in [5.41, 5.74) is -0.290. The molecule has 0 unspecified atom stereocenters. The van der Waals surface area contributed by atoms with Gasteiger partial charge >= 0.3 is 7.12 Å². The van der Waals surface area contributed by atoms with E-state index in [2.05, 4.69) is 4.98 Å². The molecule has 1 aromatic heterocycles. The van der Waals surface area contributed by atoms with E-state index in [1.807, 2.05) is 27.7 Å². The molecule has 2 rings (SSSR count). The Hall–Kier alpha value is -1.07. The molecule has 1 aliphatic rings. The molecule has 17 heavy (non-hydrogen) atoms. The Morgan fingerprint density at radius 3 is 2.47 bits per heavy atom. The van der Waals surface area contributed by atoms with Gasteiger partial charge in [-0.3, -0.25) is 4.98 Å². The minimum absolute atomic E-state index is 0.164. The smallest absolute Gasteiger partial charge is 0.495 e. The highest BCUT2D eigenvalue weighted by Gasteiger charge is 2.51. The van der Waals surface area contributed by atoms with Gasteiger partial charge in [-0.15, -0.1) is 0 Å². The van der Waals surface area contributed by atoms with Crippen molar-refractivity contribution in [3.05, 3.63) is 18.5 Å². The van der Waals surface area contributed by atoms with E-state index >= 15 is 0 Å². The average Bonchev–Trinajstić information content (AvgIpc) is 2.46. The van der Waals surface area contributed by atoms with Gasteiger partial charge in [-0.2, -0.15) is 0 Å². The highest BCUT2D eigenvalue weighted by Crippen LogP contribution is 2.36. The molecular weight excluding hydrogens is 217 g/mol. The van der Waals surface area contributed by atoms with Crippen molar-refractivity contribution in [3.63, 3.8) is 0 Å². The largest absolute Gasteiger partial charge is 0.496 e. The summed E-state index contributed by atoms with van der Waals surface area (Å²) in [7, 11) is -3.09. The van der Waals surface area contributed by atoms with Crippen molar-refractivity contribution >= 4 is 12.6 Å². The third kappa shape index (κ3) is 2.17. The number of nitrogens with zero attached hydrogens (tertiary/aromatic N) is 1. The molecule has 0 spiro atoms. The maximum Gasteiger partial charge on any atom is 0.496 e. The summed E-state index contributed by atoms with van der Waals surface area (Å²) in [6, 6.07) is 1.57. The summed E-state index contributed by atoms with van der Waals surface area (Å²) in [6.45, 7) is 7.79. The third-order valence-corrected chi connectivity index (χ3v) is 3.38. The van der Waals surface area contributed by atoms with Gasteiger partial charge in [0.15, 0.2) is 0 Å². The lowest BCUT2D eigenvalue weighted by atomic mass is 9.80. The van der Waals surface area contributed by atoms with Crippen LogP contribution in [0, 0.1) is 0 Å². The Labute approximate surface area is 107 Å². The van der Waals surface area contributed by atoms with Gasteiger partial charge in [-0.25, -0.2) is 0 Å². The average molecular weight is 238 g/mol. The Kier molecular flexibility index (Phi) is 2.10. The lowest BCUT2D eigenvalue weighted by Crippen LogP contribution is -2.41. The van der Waals surface area contributed by atoms with E-state index in [-0.39, 0.29) is 5.75 Å². The molecule has 0 N–H and O–H groups in total. The lowest BCUT2D eigenvalue weighted by Gasteiger charge is -2.32. The molecule has 0 radical (unpaired) electrons.